The quantitative estimate of drug-likeness (QED) is 0.519. The summed E-state index contributed by atoms with van der Waals surface area (Å²) >= 11 is 0. The Labute approximate surface area is 85.5 Å². The molecule has 0 aliphatic heterocycles. The summed E-state index contributed by atoms with van der Waals surface area (Å²) in [5, 5.41) is 3.12. The predicted molar refractivity (Wildman–Crippen MR) is 60.9 cm³/mol. The van der Waals surface area contributed by atoms with Crippen molar-refractivity contribution in [3.05, 3.63) is 29.8 Å². The van der Waals surface area contributed by atoms with E-state index in [1.807, 2.05) is 45.2 Å². The maximum Gasteiger partial charge on any atom is 0.0745 e. The van der Waals surface area contributed by atoms with Crippen LogP contribution in [0.25, 0.3) is 0 Å². The number of nitrogens with one attached hydrogen (secondary N) is 1. The third kappa shape index (κ3) is 3.12. The van der Waals surface area contributed by atoms with Crippen molar-refractivity contribution in [2.24, 2.45) is 0 Å². The molecule has 2 nitrogen and oxygen atoms in total. The monoisotopic (exact) mass is 188 g/mol. The smallest absolute Gasteiger partial charge is 0.0745 e. The van der Waals surface area contributed by atoms with Gasteiger partial charge in [-0.25, -0.2) is 0 Å². The Morgan fingerprint density at radius 1 is 1.21 bits per heavy atom. The fourth-order valence-corrected chi connectivity index (χ4v) is 0.857. The number of hydrogen-bond donors (Lipinski definition) is 2. The topological polar surface area (TPSA) is 38.0 Å². The number of nitrogens with two attached hydrogens (primary N) is 1. The highest BCUT2D eigenvalue weighted by atomic mass is 14.9. The van der Waals surface area contributed by atoms with Crippen LogP contribution in [0.5, 0.6) is 0 Å². The van der Waals surface area contributed by atoms with Gasteiger partial charge in [0.1, 0.15) is 0 Å². The molecule has 0 saturated carbocycles. The van der Waals surface area contributed by atoms with Gasteiger partial charge in [-0.05, 0) is 45.2 Å². The molecule has 1 rings (SSSR count). The number of hydrogen-bond acceptors (Lipinski definition) is 2. The summed E-state index contributed by atoms with van der Waals surface area (Å²) in [5.74, 6) is 6.24. The zero-order valence-electron chi connectivity index (χ0n) is 8.89. The minimum Gasteiger partial charge on any atom is -0.399 e. The molecule has 0 aliphatic rings. The van der Waals surface area contributed by atoms with Crippen LogP contribution in [-0.2, 0) is 0 Å². The van der Waals surface area contributed by atoms with E-state index in [9.17, 15) is 0 Å². The van der Waals surface area contributed by atoms with E-state index in [0.29, 0.717) is 0 Å². The van der Waals surface area contributed by atoms with E-state index in [0.717, 1.165) is 11.3 Å². The molecule has 0 atom stereocenters. The Kier molecular flexibility index (Phi) is 3.16. The summed E-state index contributed by atoms with van der Waals surface area (Å²) in [6.45, 7) is 4.08. The molecule has 0 spiro atoms. The molecular weight excluding hydrogens is 172 g/mol. The Morgan fingerprint density at radius 3 is 2.29 bits per heavy atom. The molecule has 0 unspecified atom stereocenters. The highest BCUT2D eigenvalue weighted by Crippen LogP contribution is 2.05. The van der Waals surface area contributed by atoms with Crippen molar-refractivity contribution < 1.29 is 0 Å². The molecule has 1 aromatic rings. The van der Waals surface area contributed by atoms with E-state index in [1.54, 1.807) is 0 Å². The second kappa shape index (κ2) is 4.17. The van der Waals surface area contributed by atoms with Gasteiger partial charge in [0.2, 0.25) is 0 Å². The van der Waals surface area contributed by atoms with E-state index in [2.05, 4.69) is 17.2 Å². The first kappa shape index (κ1) is 10.6. The van der Waals surface area contributed by atoms with Crippen molar-refractivity contribution in [2.45, 2.75) is 19.4 Å². The van der Waals surface area contributed by atoms with E-state index in [-0.39, 0.29) is 5.54 Å². The van der Waals surface area contributed by atoms with Crippen molar-refractivity contribution >= 4 is 5.69 Å². The van der Waals surface area contributed by atoms with Gasteiger partial charge in [0.15, 0.2) is 0 Å². The van der Waals surface area contributed by atoms with Crippen LogP contribution in [0.1, 0.15) is 19.4 Å². The number of benzene rings is 1. The maximum atomic E-state index is 5.57. The lowest BCUT2D eigenvalue weighted by molar-refractivity contribution is 0.548. The highest BCUT2D eigenvalue weighted by molar-refractivity contribution is 5.45. The second-order valence-electron chi connectivity index (χ2n) is 3.75. The van der Waals surface area contributed by atoms with Gasteiger partial charge in [-0.15, -0.1) is 0 Å². The van der Waals surface area contributed by atoms with Crippen LogP contribution in [0.4, 0.5) is 5.69 Å². The molecule has 0 aromatic heterocycles. The van der Waals surface area contributed by atoms with Crippen LogP contribution in [0, 0.1) is 11.8 Å². The van der Waals surface area contributed by atoms with E-state index >= 15 is 0 Å². The lowest BCUT2D eigenvalue weighted by Crippen LogP contribution is -2.34. The van der Waals surface area contributed by atoms with Gasteiger partial charge in [-0.3, -0.25) is 0 Å². The summed E-state index contributed by atoms with van der Waals surface area (Å²) in [5.41, 5.74) is 7.18. The molecule has 0 bridgehead atoms. The normalized spacial score (nSPS) is 10.5. The standard InChI is InChI=1S/C12H16N2/c1-12(2,14-3)9-8-10-4-6-11(13)7-5-10/h4-7,14H,13H2,1-3H3. The van der Waals surface area contributed by atoms with Gasteiger partial charge < -0.3 is 11.1 Å². The number of nitrogen functional groups attached to an aromatic ring is 1. The zero-order chi connectivity index (χ0) is 10.6. The summed E-state index contributed by atoms with van der Waals surface area (Å²) in [7, 11) is 1.90. The first-order chi connectivity index (χ1) is 6.53. The molecule has 0 aliphatic carbocycles. The Morgan fingerprint density at radius 2 is 1.79 bits per heavy atom. The lowest BCUT2D eigenvalue weighted by Gasteiger charge is -2.15. The van der Waals surface area contributed by atoms with Crippen LogP contribution in [0.2, 0.25) is 0 Å². The van der Waals surface area contributed by atoms with Crippen LogP contribution in [0.15, 0.2) is 24.3 Å². The van der Waals surface area contributed by atoms with Crippen molar-refractivity contribution in [3.63, 3.8) is 0 Å². The fourth-order valence-electron chi connectivity index (χ4n) is 0.857. The van der Waals surface area contributed by atoms with Crippen molar-refractivity contribution in [1.29, 1.82) is 0 Å². The number of rotatable bonds is 1. The minimum absolute atomic E-state index is 0.151. The molecule has 74 valence electrons. The van der Waals surface area contributed by atoms with Gasteiger partial charge in [0.25, 0.3) is 0 Å². The molecule has 0 fully saturated rings. The zero-order valence-corrected chi connectivity index (χ0v) is 8.89. The molecule has 0 amide bonds. The van der Waals surface area contributed by atoms with Crippen LogP contribution in [0.3, 0.4) is 0 Å². The van der Waals surface area contributed by atoms with Crippen LogP contribution in [-0.4, -0.2) is 12.6 Å². The first-order valence-corrected chi connectivity index (χ1v) is 4.61. The molecular formula is C12H16N2. The van der Waals surface area contributed by atoms with Crippen LogP contribution < -0.4 is 11.1 Å². The fraction of sp³-hybridized carbons (Fsp3) is 0.333. The third-order valence-electron chi connectivity index (χ3n) is 2.06. The SMILES string of the molecule is CNC(C)(C)C#Cc1ccc(N)cc1. The maximum absolute atomic E-state index is 5.57. The summed E-state index contributed by atoms with van der Waals surface area (Å²) in [6.07, 6.45) is 0. The van der Waals surface area contributed by atoms with Gasteiger partial charge in [-0.2, -0.15) is 0 Å². The molecule has 1 aromatic carbocycles. The number of anilines is 1. The molecule has 0 saturated heterocycles. The molecule has 2 heteroatoms. The third-order valence-corrected chi connectivity index (χ3v) is 2.06. The lowest BCUT2D eigenvalue weighted by atomic mass is 10.1. The van der Waals surface area contributed by atoms with E-state index in [4.69, 9.17) is 5.73 Å². The van der Waals surface area contributed by atoms with Gasteiger partial charge in [0, 0.05) is 11.3 Å². The second-order valence-corrected chi connectivity index (χ2v) is 3.75. The highest BCUT2D eigenvalue weighted by Gasteiger charge is 2.08. The Balaban J connectivity index is 2.83. The predicted octanol–water partition coefficient (Wildman–Crippen LogP) is 1.62. The largest absolute Gasteiger partial charge is 0.399 e. The molecule has 0 radical (unpaired) electrons. The Bertz CT molecular complexity index is 352. The van der Waals surface area contributed by atoms with Crippen molar-refractivity contribution in [2.75, 3.05) is 12.8 Å². The first-order valence-electron chi connectivity index (χ1n) is 4.61. The molecule has 14 heavy (non-hydrogen) atoms. The molecule has 0 heterocycles. The average Bonchev–Trinajstić information content (AvgIpc) is 2.17. The van der Waals surface area contributed by atoms with Gasteiger partial charge >= 0.3 is 0 Å². The van der Waals surface area contributed by atoms with Crippen LogP contribution >= 0.6 is 0 Å². The Hall–Kier alpha value is -1.46. The molecule has 3 N–H and O–H groups in total. The van der Waals surface area contributed by atoms with Crippen molar-refractivity contribution in [1.82, 2.24) is 5.32 Å². The summed E-state index contributed by atoms with van der Waals surface area (Å²) in [6, 6.07) is 7.56. The van der Waals surface area contributed by atoms with E-state index < -0.39 is 0 Å². The van der Waals surface area contributed by atoms with Crippen molar-refractivity contribution in [3.8, 4) is 11.8 Å². The average molecular weight is 188 g/mol. The van der Waals surface area contributed by atoms with E-state index in [1.165, 1.54) is 0 Å². The summed E-state index contributed by atoms with van der Waals surface area (Å²) in [4.78, 5) is 0. The summed E-state index contributed by atoms with van der Waals surface area (Å²) < 4.78 is 0. The minimum atomic E-state index is -0.151. The van der Waals surface area contributed by atoms with Gasteiger partial charge in [-0.1, -0.05) is 11.8 Å². The van der Waals surface area contributed by atoms with Gasteiger partial charge in [0.05, 0.1) is 5.54 Å².